The first-order valence-corrected chi connectivity index (χ1v) is 10.3. The molecule has 0 atom stereocenters. The van der Waals surface area contributed by atoms with Crippen LogP contribution >= 0.6 is 0 Å². The zero-order valence-electron chi connectivity index (χ0n) is 17.3. The van der Waals surface area contributed by atoms with E-state index in [9.17, 15) is 9.59 Å². The van der Waals surface area contributed by atoms with E-state index in [1.807, 2.05) is 67.6 Å². The third-order valence-corrected chi connectivity index (χ3v) is 5.11. The molecule has 154 valence electrons. The van der Waals surface area contributed by atoms with E-state index in [1.54, 1.807) is 0 Å². The number of hydrogen-bond acceptors (Lipinski definition) is 2. The largest absolute Gasteiger partial charge is 0.354 e. The molecule has 0 aromatic heterocycles. The number of aryl methyl sites for hydroxylation is 2. The average Bonchev–Trinajstić information content (AvgIpc) is 2.79. The molecule has 3 aromatic carbocycles. The average molecular weight is 401 g/mol. The summed E-state index contributed by atoms with van der Waals surface area (Å²) in [4.78, 5) is 24.4. The summed E-state index contributed by atoms with van der Waals surface area (Å²) in [6.07, 6.45) is 1.03. The number of benzene rings is 3. The van der Waals surface area contributed by atoms with E-state index >= 15 is 0 Å². The van der Waals surface area contributed by atoms with Crippen molar-refractivity contribution < 1.29 is 9.59 Å². The van der Waals surface area contributed by atoms with Crippen LogP contribution in [0.1, 0.15) is 34.6 Å². The zero-order valence-corrected chi connectivity index (χ0v) is 17.3. The summed E-state index contributed by atoms with van der Waals surface area (Å²) in [6.45, 7) is 2.50. The summed E-state index contributed by atoms with van der Waals surface area (Å²) in [5.41, 5.74) is 4.61. The van der Waals surface area contributed by atoms with Gasteiger partial charge in [0.15, 0.2) is 0 Å². The van der Waals surface area contributed by atoms with Crippen LogP contribution in [0.25, 0.3) is 0 Å². The first kappa shape index (κ1) is 21.3. The fraction of sp³-hybridized carbons (Fsp3) is 0.231. The molecule has 3 rings (SSSR count). The van der Waals surface area contributed by atoms with Gasteiger partial charge in [-0.25, -0.2) is 0 Å². The summed E-state index contributed by atoms with van der Waals surface area (Å²) in [7, 11) is 0. The van der Waals surface area contributed by atoms with Gasteiger partial charge in [0.05, 0.1) is 6.54 Å². The minimum absolute atomic E-state index is 0.0109. The lowest BCUT2D eigenvalue weighted by molar-refractivity contribution is -0.126. The number of carbonyl (C=O) groups is 2. The Balaban J connectivity index is 1.47. The molecular formula is C26H28N2O2. The van der Waals surface area contributed by atoms with Gasteiger partial charge in [0.25, 0.3) is 0 Å². The van der Waals surface area contributed by atoms with Crippen LogP contribution in [0.3, 0.4) is 0 Å². The molecule has 0 saturated carbocycles. The maximum Gasteiger partial charge on any atom is 0.239 e. The molecule has 3 aromatic rings. The molecule has 0 aliphatic rings. The van der Waals surface area contributed by atoms with Crippen LogP contribution in [-0.2, 0) is 16.0 Å². The molecule has 0 heterocycles. The molecule has 0 saturated heterocycles. The highest BCUT2D eigenvalue weighted by Crippen LogP contribution is 2.23. The van der Waals surface area contributed by atoms with Gasteiger partial charge >= 0.3 is 0 Å². The van der Waals surface area contributed by atoms with E-state index in [4.69, 9.17) is 0 Å². The number of amides is 2. The molecule has 2 N–H and O–H groups in total. The van der Waals surface area contributed by atoms with Crippen molar-refractivity contribution in [2.45, 2.75) is 25.7 Å². The quantitative estimate of drug-likeness (QED) is 0.571. The fourth-order valence-corrected chi connectivity index (χ4v) is 3.36. The van der Waals surface area contributed by atoms with Crippen molar-refractivity contribution >= 4 is 11.8 Å². The van der Waals surface area contributed by atoms with Crippen LogP contribution in [0.4, 0.5) is 0 Å². The molecule has 0 bridgehead atoms. The topological polar surface area (TPSA) is 58.2 Å². The normalized spacial score (nSPS) is 10.6. The van der Waals surface area contributed by atoms with Crippen molar-refractivity contribution in [2.24, 2.45) is 0 Å². The van der Waals surface area contributed by atoms with Crippen molar-refractivity contribution in [3.63, 3.8) is 0 Å². The third kappa shape index (κ3) is 6.59. The monoisotopic (exact) mass is 400 g/mol. The molecule has 0 radical (unpaired) electrons. The Morgan fingerprint density at radius 3 is 1.87 bits per heavy atom. The Hall–Kier alpha value is -3.40. The molecule has 0 spiro atoms. The van der Waals surface area contributed by atoms with E-state index in [0.29, 0.717) is 19.4 Å². The van der Waals surface area contributed by atoms with Crippen molar-refractivity contribution in [2.75, 3.05) is 13.1 Å². The predicted molar refractivity (Wildman–Crippen MR) is 120 cm³/mol. The summed E-state index contributed by atoms with van der Waals surface area (Å²) >= 11 is 0. The smallest absolute Gasteiger partial charge is 0.239 e. The van der Waals surface area contributed by atoms with E-state index < -0.39 is 0 Å². The molecule has 2 amide bonds. The number of hydrogen-bond donors (Lipinski definition) is 2. The summed E-state index contributed by atoms with van der Waals surface area (Å²) in [5.74, 6) is -0.238. The molecule has 4 nitrogen and oxygen atoms in total. The van der Waals surface area contributed by atoms with Crippen LogP contribution in [-0.4, -0.2) is 24.9 Å². The van der Waals surface area contributed by atoms with Crippen molar-refractivity contribution in [1.29, 1.82) is 0 Å². The number of nitrogens with one attached hydrogen (secondary N) is 2. The highest BCUT2D eigenvalue weighted by molar-refractivity contribution is 5.84. The second-order valence-corrected chi connectivity index (χ2v) is 7.44. The zero-order chi connectivity index (χ0) is 21.2. The second-order valence-electron chi connectivity index (χ2n) is 7.44. The van der Waals surface area contributed by atoms with Gasteiger partial charge in [0.2, 0.25) is 11.8 Å². The van der Waals surface area contributed by atoms with Gasteiger partial charge in [-0.2, -0.15) is 0 Å². The van der Waals surface area contributed by atoms with Gasteiger partial charge in [-0.05, 0) is 30.0 Å². The maximum atomic E-state index is 12.3. The van der Waals surface area contributed by atoms with Crippen LogP contribution < -0.4 is 10.6 Å². The van der Waals surface area contributed by atoms with E-state index in [-0.39, 0.29) is 24.3 Å². The highest BCUT2D eigenvalue weighted by Gasteiger charge is 2.15. The standard InChI is InChI=1S/C26H28N2O2/c1-20-12-14-21(15-13-20)16-17-25(29)28-19-26(30)27-18-24(22-8-4-2-5-9-22)23-10-6-3-7-11-23/h2-15,24H,16-19H2,1H3,(H,27,30)(H,28,29). The van der Waals surface area contributed by atoms with Gasteiger partial charge in [-0.3, -0.25) is 9.59 Å². The fourth-order valence-electron chi connectivity index (χ4n) is 3.36. The lowest BCUT2D eigenvalue weighted by Crippen LogP contribution is -2.38. The molecule has 0 aliphatic carbocycles. The van der Waals surface area contributed by atoms with Crippen LogP contribution in [0, 0.1) is 6.92 Å². The Bertz CT molecular complexity index is 898. The molecule has 4 heteroatoms. The third-order valence-electron chi connectivity index (χ3n) is 5.11. The Morgan fingerprint density at radius 1 is 0.733 bits per heavy atom. The lowest BCUT2D eigenvalue weighted by Gasteiger charge is -2.19. The molecule has 0 fully saturated rings. The van der Waals surface area contributed by atoms with Gasteiger partial charge in [-0.1, -0.05) is 90.5 Å². The van der Waals surface area contributed by atoms with Crippen molar-refractivity contribution in [3.8, 4) is 0 Å². The van der Waals surface area contributed by atoms with Gasteiger partial charge in [0.1, 0.15) is 0 Å². The minimum Gasteiger partial charge on any atom is -0.354 e. The van der Waals surface area contributed by atoms with Gasteiger partial charge in [0, 0.05) is 18.9 Å². The number of carbonyl (C=O) groups excluding carboxylic acids is 2. The van der Waals surface area contributed by atoms with Gasteiger partial charge in [-0.15, -0.1) is 0 Å². The molecule has 30 heavy (non-hydrogen) atoms. The predicted octanol–water partition coefficient (Wildman–Crippen LogP) is 3.99. The number of rotatable bonds is 9. The first-order chi connectivity index (χ1) is 14.6. The molecular weight excluding hydrogens is 372 g/mol. The van der Waals surface area contributed by atoms with E-state index in [0.717, 1.165) is 16.7 Å². The Morgan fingerprint density at radius 2 is 1.30 bits per heavy atom. The SMILES string of the molecule is Cc1ccc(CCC(=O)NCC(=O)NCC(c2ccccc2)c2ccccc2)cc1. The maximum absolute atomic E-state index is 12.3. The summed E-state index contributed by atoms with van der Waals surface area (Å²) < 4.78 is 0. The van der Waals surface area contributed by atoms with Gasteiger partial charge < -0.3 is 10.6 Å². The van der Waals surface area contributed by atoms with Crippen molar-refractivity contribution in [3.05, 3.63) is 107 Å². The molecule has 0 unspecified atom stereocenters. The first-order valence-electron chi connectivity index (χ1n) is 10.3. The lowest BCUT2D eigenvalue weighted by atomic mass is 9.91. The highest BCUT2D eigenvalue weighted by atomic mass is 16.2. The second kappa shape index (κ2) is 11.0. The minimum atomic E-state index is -0.185. The van der Waals surface area contributed by atoms with E-state index in [2.05, 4.69) is 34.9 Å². The summed E-state index contributed by atoms with van der Waals surface area (Å²) in [6, 6.07) is 28.4. The van der Waals surface area contributed by atoms with Crippen LogP contribution in [0.5, 0.6) is 0 Å². The van der Waals surface area contributed by atoms with Crippen LogP contribution in [0.15, 0.2) is 84.9 Å². The van der Waals surface area contributed by atoms with Crippen molar-refractivity contribution in [1.82, 2.24) is 10.6 Å². The van der Waals surface area contributed by atoms with E-state index in [1.165, 1.54) is 5.56 Å². The van der Waals surface area contributed by atoms with Crippen LogP contribution in [0.2, 0.25) is 0 Å². The Labute approximate surface area is 178 Å². The summed E-state index contributed by atoms with van der Waals surface area (Å²) in [5, 5.41) is 5.68. The molecule has 0 aliphatic heterocycles. The Kier molecular flexibility index (Phi) is 7.78.